The minimum Gasteiger partial charge on any atom is -0.390 e. The van der Waals surface area contributed by atoms with Gasteiger partial charge in [0.15, 0.2) is 0 Å². The van der Waals surface area contributed by atoms with Crippen LogP contribution in [-0.4, -0.2) is 76.2 Å². The van der Waals surface area contributed by atoms with E-state index in [9.17, 15) is 14.7 Å². The standard InChI is InChI=1S/C27H41N5O3S/c1-18(2)14-28-15-24(33)23(13-21-9-7-6-8-10-21)30-26(34)25(19(3)4)32-12-11-31(27(32)35)16-22-17-36-20(5)29-22/h6-10,17-19,23-25,28,33H,11-16H2,1-5H3,(H,30,34)/t23-,24+,25-/m0/s1. The Bertz CT molecular complexity index is 981. The molecule has 198 valence electrons. The highest BCUT2D eigenvalue weighted by molar-refractivity contribution is 7.09. The average molecular weight is 516 g/mol. The number of aliphatic hydroxyl groups excluding tert-OH is 1. The number of nitrogens with zero attached hydrogens (tertiary/aromatic N) is 3. The minimum atomic E-state index is -0.764. The number of carbonyl (C=O) groups excluding carboxylic acids is 2. The number of nitrogens with one attached hydrogen (secondary N) is 2. The predicted octanol–water partition coefficient (Wildman–Crippen LogP) is 3.05. The van der Waals surface area contributed by atoms with Crippen LogP contribution in [0.2, 0.25) is 0 Å². The molecule has 1 saturated heterocycles. The van der Waals surface area contributed by atoms with Gasteiger partial charge in [-0.2, -0.15) is 0 Å². The first kappa shape index (κ1) is 28.1. The molecule has 3 N–H and O–H groups in total. The molecule has 3 rings (SSSR count). The van der Waals surface area contributed by atoms with Crippen molar-refractivity contribution in [3.63, 3.8) is 0 Å². The van der Waals surface area contributed by atoms with Gasteiger partial charge in [0.05, 0.1) is 29.4 Å². The molecule has 1 aromatic carbocycles. The molecule has 2 heterocycles. The molecule has 9 heteroatoms. The molecule has 0 bridgehead atoms. The van der Waals surface area contributed by atoms with Crippen LogP contribution in [0.15, 0.2) is 35.7 Å². The average Bonchev–Trinajstić information content (AvgIpc) is 3.39. The second-order valence-electron chi connectivity index (χ2n) is 10.4. The van der Waals surface area contributed by atoms with Crippen molar-refractivity contribution in [3.8, 4) is 0 Å². The Balaban J connectivity index is 1.70. The number of thiazole rings is 1. The van der Waals surface area contributed by atoms with E-state index in [1.54, 1.807) is 21.1 Å². The van der Waals surface area contributed by atoms with Crippen LogP contribution in [-0.2, 0) is 17.8 Å². The highest BCUT2D eigenvalue weighted by atomic mass is 32.1. The lowest BCUT2D eigenvalue weighted by atomic mass is 9.97. The fraction of sp³-hybridized carbons (Fsp3) is 0.593. The number of aromatic nitrogens is 1. The molecule has 1 aliphatic rings. The third-order valence-corrected chi connectivity index (χ3v) is 7.20. The lowest BCUT2D eigenvalue weighted by molar-refractivity contribution is -0.128. The van der Waals surface area contributed by atoms with Crippen LogP contribution in [0.5, 0.6) is 0 Å². The van der Waals surface area contributed by atoms with E-state index in [1.807, 2.05) is 56.5 Å². The van der Waals surface area contributed by atoms with E-state index in [0.717, 1.165) is 22.8 Å². The van der Waals surface area contributed by atoms with Crippen molar-refractivity contribution >= 4 is 23.3 Å². The zero-order chi connectivity index (χ0) is 26.2. The number of hydrogen-bond donors (Lipinski definition) is 3. The Hall–Kier alpha value is -2.49. The molecule has 0 unspecified atom stereocenters. The predicted molar refractivity (Wildman–Crippen MR) is 144 cm³/mol. The number of rotatable bonds is 13. The summed E-state index contributed by atoms with van der Waals surface area (Å²) in [7, 11) is 0. The number of hydrogen-bond acceptors (Lipinski definition) is 6. The highest BCUT2D eigenvalue weighted by Crippen LogP contribution is 2.21. The Kier molecular flexibility index (Phi) is 10.3. The molecule has 3 atom stereocenters. The van der Waals surface area contributed by atoms with E-state index in [0.29, 0.717) is 38.5 Å². The molecule has 0 spiro atoms. The molecule has 1 aromatic heterocycles. The summed E-state index contributed by atoms with van der Waals surface area (Å²) in [4.78, 5) is 34.8. The Morgan fingerprint density at radius 3 is 2.47 bits per heavy atom. The molecule has 8 nitrogen and oxygen atoms in total. The van der Waals surface area contributed by atoms with Gasteiger partial charge in [-0.1, -0.05) is 58.0 Å². The molecule has 1 aliphatic heterocycles. The lowest BCUT2D eigenvalue weighted by Crippen LogP contribution is -2.57. The van der Waals surface area contributed by atoms with E-state index in [1.165, 1.54) is 0 Å². The lowest BCUT2D eigenvalue weighted by Gasteiger charge is -2.33. The van der Waals surface area contributed by atoms with Gasteiger partial charge in [-0.3, -0.25) is 4.79 Å². The van der Waals surface area contributed by atoms with Gasteiger partial charge in [0, 0.05) is 25.0 Å². The molecule has 36 heavy (non-hydrogen) atoms. The number of carbonyl (C=O) groups is 2. The molecule has 3 amide bonds. The fourth-order valence-corrected chi connectivity index (χ4v) is 5.17. The monoisotopic (exact) mass is 515 g/mol. The van der Waals surface area contributed by atoms with E-state index < -0.39 is 18.2 Å². The van der Waals surface area contributed by atoms with Gasteiger partial charge in [-0.15, -0.1) is 11.3 Å². The third kappa shape index (κ3) is 7.75. The van der Waals surface area contributed by atoms with Crippen molar-refractivity contribution in [1.29, 1.82) is 0 Å². The normalized spacial score (nSPS) is 16.6. The van der Waals surface area contributed by atoms with Gasteiger partial charge in [-0.25, -0.2) is 9.78 Å². The van der Waals surface area contributed by atoms with Crippen molar-refractivity contribution in [3.05, 3.63) is 52.0 Å². The van der Waals surface area contributed by atoms with Crippen LogP contribution in [0.25, 0.3) is 0 Å². The summed E-state index contributed by atoms with van der Waals surface area (Å²) in [5, 5.41) is 20.3. The van der Waals surface area contributed by atoms with Crippen molar-refractivity contribution in [2.45, 2.75) is 65.8 Å². The Labute approximate surface area is 219 Å². The molecule has 2 aromatic rings. The molecule has 0 saturated carbocycles. The summed E-state index contributed by atoms with van der Waals surface area (Å²) in [5.41, 5.74) is 1.91. The third-order valence-electron chi connectivity index (χ3n) is 6.38. The number of amides is 3. The summed E-state index contributed by atoms with van der Waals surface area (Å²) in [6.07, 6.45) is -0.259. The number of aliphatic hydroxyl groups is 1. The summed E-state index contributed by atoms with van der Waals surface area (Å²) >= 11 is 1.57. The topological polar surface area (TPSA) is 97.8 Å². The first-order chi connectivity index (χ1) is 17.2. The molecular weight excluding hydrogens is 474 g/mol. The maximum atomic E-state index is 13.6. The maximum Gasteiger partial charge on any atom is 0.321 e. The minimum absolute atomic E-state index is 0.0796. The van der Waals surface area contributed by atoms with Crippen molar-refractivity contribution < 1.29 is 14.7 Å². The van der Waals surface area contributed by atoms with Crippen LogP contribution in [0.1, 0.15) is 44.0 Å². The Morgan fingerprint density at radius 1 is 1.14 bits per heavy atom. The van der Waals surface area contributed by atoms with Gasteiger partial charge in [0.1, 0.15) is 6.04 Å². The molecule has 0 aliphatic carbocycles. The van der Waals surface area contributed by atoms with Crippen LogP contribution in [0.3, 0.4) is 0 Å². The van der Waals surface area contributed by atoms with Gasteiger partial charge in [-0.05, 0) is 37.3 Å². The van der Waals surface area contributed by atoms with Crippen LogP contribution >= 0.6 is 11.3 Å². The van der Waals surface area contributed by atoms with E-state index in [4.69, 9.17) is 0 Å². The largest absolute Gasteiger partial charge is 0.390 e. The first-order valence-corrected chi connectivity index (χ1v) is 13.7. The highest BCUT2D eigenvalue weighted by Gasteiger charge is 2.40. The SMILES string of the molecule is Cc1nc(CN2CCN([C@H](C(=O)N[C@@H](Cc3ccccc3)[C@H](O)CNCC(C)C)C(C)C)C2=O)cs1. The molecule has 0 radical (unpaired) electrons. The second kappa shape index (κ2) is 13.2. The van der Waals surface area contributed by atoms with Gasteiger partial charge < -0.3 is 25.5 Å². The van der Waals surface area contributed by atoms with E-state index >= 15 is 0 Å². The summed E-state index contributed by atoms with van der Waals surface area (Å²) in [6.45, 7) is 12.7. The summed E-state index contributed by atoms with van der Waals surface area (Å²) < 4.78 is 0. The summed E-state index contributed by atoms with van der Waals surface area (Å²) in [5.74, 6) is 0.152. The zero-order valence-electron chi connectivity index (χ0n) is 22.1. The van der Waals surface area contributed by atoms with E-state index in [-0.39, 0.29) is 17.9 Å². The smallest absolute Gasteiger partial charge is 0.321 e. The van der Waals surface area contributed by atoms with Crippen molar-refractivity contribution in [1.82, 2.24) is 25.4 Å². The fourth-order valence-electron chi connectivity index (χ4n) is 4.57. The van der Waals surface area contributed by atoms with Crippen LogP contribution in [0, 0.1) is 18.8 Å². The van der Waals surface area contributed by atoms with E-state index in [2.05, 4.69) is 29.5 Å². The van der Waals surface area contributed by atoms with Crippen molar-refractivity contribution in [2.75, 3.05) is 26.2 Å². The number of urea groups is 1. The Morgan fingerprint density at radius 2 is 1.86 bits per heavy atom. The molecular formula is C27H41N5O3S. The van der Waals surface area contributed by atoms with Gasteiger partial charge >= 0.3 is 6.03 Å². The number of aryl methyl sites for hydroxylation is 1. The van der Waals surface area contributed by atoms with Gasteiger partial charge in [0.2, 0.25) is 5.91 Å². The molecule has 1 fully saturated rings. The first-order valence-electron chi connectivity index (χ1n) is 12.8. The van der Waals surface area contributed by atoms with Gasteiger partial charge in [0.25, 0.3) is 0 Å². The maximum absolute atomic E-state index is 13.6. The second-order valence-corrected chi connectivity index (χ2v) is 11.4. The quantitative estimate of drug-likeness (QED) is 0.381. The van der Waals surface area contributed by atoms with Crippen LogP contribution in [0.4, 0.5) is 4.79 Å². The summed E-state index contributed by atoms with van der Waals surface area (Å²) in [6, 6.07) is 8.61. The number of benzene rings is 1. The van der Waals surface area contributed by atoms with Crippen LogP contribution < -0.4 is 10.6 Å². The van der Waals surface area contributed by atoms with Crippen molar-refractivity contribution in [2.24, 2.45) is 11.8 Å². The zero-order valence-corrected chi connectivity index (χ0v) is 22.9.